The van der Waals surface area contributed by atoms with Crippen molar-refractivity contribution in [2.24, 2.45) is 5.10 Å². The molecular formula is C18H20ClN3. The summed E-state index contributed by atoms with van der Waals surface area (Å²) in [6.07, 6.45) is 1.91. The van der Waals surface area contributed by atoms with Crippen LogP contribution in [0, 0.1) is 0 Å². The number of halogens is 1. The fraction of sp³-hybridized carbons (Fsp3) is 0.278. The standard InChI is InChI=1S/C18H20ClN3/c19-18-8-6-16(7-9-18)14-20-22-12-10-21(11-13-22)15-17-4-2-1-3-5-17/h1-9,14H,10-13,15H2/b20-14+. The molecule has 0 amide bonds. The van der Waals surface area contributed by atoms with Crippen LogP contribution in [-0.4, -0.2) is 42.3 Å². The van der Waals surface area contributed by atoms with Crippen LogP contribution < -0.4 is 0 Å². The van der Waals surface area contributed by atoms with Crippen LogP contribution in [0.3, 0.4) is 0 Å². The fourth-order valence-electron chi connectivity index (χ4n) is 2.55. The van der Waals surface area contributed by atoms with Gasteiger partial charge in [0.2, 0.25) is 0 Å². The first kappa shape index (κ1) is 15.1. The minimum Gasteiger partial charge on any atom is -0.295 e. The van der Waals surface area contributed by atoms with Crippen molar-refractivity contribution in [1.29, 1.82) is 0 Å². The smallest absolute Gasteiger partial charge is 0.0542 e. The van der Waals surface area contributed by atoms with Gasteiger partial charge in [0, 0.05) is 37.7 Å². The highest BCUT2D eigenvalue weighted by atomic mass is 35.5. The molecule has 3 rings (SSSR count). The molecule has 114 valence electrons. The molecule has 0 aliphatic carbocycles. The molecule has 1 fully saturated rings. The van der Waals surface area contributed by atoms with E-state index in [-0.39, 0.29) is 0 Å². The lowest BCUT2D eigenvalue weighted by Crippen LogP contribution is -2.43. The number of rotatable bonds is 4. The van der Waals surface area contributed by atoms with Crippen molar-refractivity contribution in [3.05, 3.63) is 70.7 Å². The average Bonchev–Trinajstić information content (AvgIpc) is 2.57. The van der Waals surface area contributed by atoms with E-state index >= 15 is 0 Å². The Hall–Kier alpha value is -1.84. The van der Waals surface area contributed by atoms with E-state index in [9.17, 15) is 0 Å². The molecule has 3 nitrogen and oxygen atoms in total. The molecule has 2 aromatic rings. The second-order valence-corrected chi connectivity index (χ2v) is 5.95. The second kappa shape index (κ2) is 7.43. The summed E-state index contributed by atoms with van der Waals surface area (Å²) in [5, 5.41) is 7.45. The summed E-state index contributed by atoms with van der Waals surface area (Å²) in [5.41, 5.74) is 2.46. The maximum Gasteiger partial charge on any atom is 0.0542 e. The van der Waals surface area contributed by atoms with Crippen LogP contribution in [0.1, 0.15) is 11.1 Å². The largest absolute Gasteiger partial charge is 0.295 e. The Bertz CT molecular complexity index is 602. The van der Waals surface area contributed by atoms with Gasteiger partial charge in [-0.15, -0.1) is 0 Å². The first-order chi connectivity index (χ1) is 10.8. The Morgan fingerprint density at radius 2 is 1.59 bits per heavy atom. The molecule has 2 aromatic carbocycles. The topological polar surface area (TPSA) is 18.8 Å². The zero-order valence-electron chi connectivity index (χ0n) is 12.5. The van der Waals surface area contributed by atoms with Crippen molar-refractivity contribution in [2.75, 3.05) is 26.2 Å². The van der Waals surface area contributed by atoms with E-state index in [2.05, 4.69) is 45.3 Å². The van der Waals surface area contributed by atoms with Gasteiger partial charge >= 0.3 is 0 Å². The maximum atomic E-state index is 5.88. The highest BCUT2D eigenvalue weighted by molar-refractivity contribution is 6.30. The molecule has 0 N–H and O–H groups in total. The number of hydrogen-bond acceptors (Lipinski definition) is 3. The van der Waals surface area contributed by atoms with Crippen LogP contribution in [0.4, 0.5) is 0 Å². The van der Waals surface area contributed by atoms with E-state index in [1.54, 1.807) is 0 Å². The third-order valence-corrected chi connectivity index (χ3v) is 4.09. The number of hydrogen-bond donors (Lipinski definition) is 0. The molecule has 1 aliphatic heterocycles. The highest BCUT2D eigenvalue weighted by Gasteiger charge is 2.15. The van der Waals surface area contributed by atoms with Crippen LogP contribution >= 0.6 is 11.6 Å². The van der Waals surface area contributed by atoms with Gasteiger partial charge in [0.05, 0.1) is 6.21 Å². The second-order valence-electron chi connectivity index (χ2n) is 5.51. The summed E-state index contributed by atoms with van der Waals surface area (Å²) in [6.45, 7) is 5.06. The van der Waals surface area contributed by atoms with Gasteiger partial charge in [-0.1, -0.05) is 54.1 Å². The summed E-state index contributed by atoms with van der Waals surface area (Å²) in [4.78, 5) is 2.48. The molecule has 0 radical (unpaired) electrons. The molecular weight excluding hydrogens is 294 g/mol. The molecule has 0 bridgehead atoms. The van der Waals surface area contributed by atoms with Gasteiger partial charge in [0.15, 0.2) is 0 Å². The number of piperazine rings is 1. The summed E-state index contributed by atoms with van der Waals surface area (Å²) in [5.74, 6) is 0. The summed E-state index contributed by atoms with van der Waals surface area (Å²) in [6, 6.07) is 18.4. The van der Waals surface area contributed by atoms with Gasteiger partial charge in [0.25, 0.3) is 0 Å². The average molecular weight is 314 g/mol. The van der Waals surface area contributed by atoms with Gasteiger partial charge in [-0.2, -0.15) is 5.10 Å². The summed E-state index contributed by atoms with van der Waals surface area (Å²) >= 11 is 5.88. The normalized spacial score (nSPS) is 16.3. The molecule has 22 heavy (non-hydrogen) atoms. The van der Waals surface area contributed by atoms with E-state index < -0.39 is 0 Å². The lowest BCUT2D eigenvalue weighted by Gasteiger charge is -2.33. The summed E-state index contributed by atoms with van der Waals surface area (Å²) in [7, 11) is 0. The minimum atomic E-state index is 0.756. The van der Waals surface area contributed by atoms with E-state index in [0.717, 1.165) is 43.3 Å². The number of hydrazone groups is 1. The van der Waals surface area contributed by atoms with Crippen molar-refractivity contribution in [1.82, 2.24) is 9.91 Å². The van der Waals surface area contributed by atoms with Crippen molar-refractivity contribution in [2.45, 2.75) is 6.54 Å². The first-order valence-corrected chi connectivity index (χ1v) is 7.98. The Morgan fingerprint density at radius 3 is 2.27 bits per heavy atom. The van der Waals surface area contributed by atoms with Gasteiger partial charge in [0.1, 0.15) is 0 Å². The van der Waals surface area contributed by atoms with Crippen LogP contribution in [-0.2, 0) is 6.54 Å². The molecule has 1 heterocycles. The maximum absolute atomic E-state index is 5.88. The van der Waals surface area contributed by atoms with Crippen molar-refractivity contribution in [3.8, 4) is 0 Å². The van der Waals surface area contributed by atoms with E-state index in [4.69, 9.17) is 11.6 Å². The lowest BCUT2D eigenvalue weighted by molar-refractivity contribution is 0.131. The van der Waals surface area contributed by atoms with Crippen LogP contribution in [0.15, 0.2) is 59.7 Å². The van der Waals surface area contributed by atoms with Crippen molar-refractivity contribution >= 4 is 17.8 Å². The van der Waals surface area contributed by atoms with E-state index in [1.165, 1.54) is 5.56 Å². The Labute approximate surface area is 136 Å². The zero-order valence-corrected chi connectivity index (χ0v) is 13.3. The highest BCUT2D eigenvalue weighted by Crippen LogP contribution is 2.10. The van der Waals surface area contributed by atoms with Crippen LogP contribution in [0.25, 0.3) is 0 Å². The molecule has 1 aliphatic rings. The van der Waals surface area contributed by atoms with Gasteiger partial charge in [-0.05, 0) is 23.3 Å². The molecule has 0 saturated carbocycles. The molecule has 4 heteroatoms. The molecule has 1 saturated heterocycles. The van der Waals surface area contributed by atoms with E-state index in [0.29, 0.717) is 0 Å². The fourth-order valence-corrected chi connectivity index (χ4v) is 2.68. The first-order valence-electron chi connectivity index (χ1n) is 7.60. The SMILES string of the molecule is Clc1ccc(/C=N/N2CCN(Cc3ccccc3)CC2)cc1. The third kappa shape index (κ3) is 4.33. The van der Waals surface area contributed by atoms with Gasteiger partial charge in [-0.25, -0.2) is 0 Å². The molecule has 0 spiro atoms. The quantitative estimate of drug-likeness (QED) is 0.805. The Morgan fingerprint density at radius 1 is 0.909 bits per heavy atom. The van der Waals surface area contributed by atoms with Crippen LogP contribution in [0.2, 0.25) is 5.02 Å². The van der Waals surface area contributed by atoms with Gasteiger partial charge in [-0.3, -0.25) is 9.91 Å². The Kier molecular flexibility index (Phi) is 5.09. The number of benzene rings is 2. The number of nitrogens with zero attached hydrogens (tertiary/aromatic N) is 3. The van der Waals surface area contributed by atoms with Crippen LogP contribution in [0.5, 0.6) is 0 Å². The lowest BCUT2D eigenvalue weighted by atomic mass is 10.2. The monoisotopic (exact) mass is 313 g/mol. The third-order valence-electron chi connectivity index (χ3n) is 3.84. The summed E-state index contributed by atoms with van der Waals surface area (Å²) < 4.78 is 0. The van der Waals surface area contributed by atoms with Gasteiger partial charge < -0.3 is 0 Å². The molecule has 0 unspecified atom stereocenters. The molecule has 0 atom stereocenters. The zero-order chi connectivity index (χ0) is 15.2. The Balaban J connectivity index is 1.48. The predicted molar refractivity (Wildman–Crippen MR) is 92.3 cm³/mol. The predicted octanol–water partition coefficient (Wildman–Crippen LogP) is 3.49. The minimum absolute atomic E-state index is 0.756. The van der Waals surface area contributed by atoms with Crippen molar-refractivity contribution in [3.63, 3.8) is 0 Å². The molecule has 0 aromatic heterocycles. The van der Waals surface area contributed by atoms with Crippen molar-refractivity contribution < 1.29 is 0 Å². The van der Waals surface area contributed by atoms with E-state index in [1.807, 2.05) is 30.5 Å².